The van der Waals surface area contributed by atoms with Crippen molar-refractivity contribution in [3.05, 3.63) is 70.7 Å². The van der Waals surface area contributed by atoms with E-state index in [2.05, 4.69) is 22.4 Å². The van der Waals surface area contributed by atoms with Crippen molar-refractivity contribution in [1.29, 1.82) is 0 Å². The molecule has 4 heteroatoms. The van der Waals surface area contributed by atoms with E-state index in [-0.39, 0.29) is 0 Å². The number of nitrogens with zero attached hydrogens (tertiary/aromatic N) is 1. The van der Waals surface area contributed by atoms with E-state index in [0.717, 1.165) is 34.9 Å². The number of phenolic OH excluding ortho intramolecular Hbond substituents is 1. The van der Waals surface area contributed by atoms with Crippen LogP contribution in [0.2, 0.25) is 0 Å². The Morgan fingerprint density at radius 2 is 1.86 bits per heavy atom. The molecule has 0 unspecified atom stereocenters. The van der Waals surface area contributed by atoms with Crippen molar-refractivity contribution >= 4 is 11.3 Å². The lowest BCUT2D eigenvalue weighted by molar-refractivity contribution is 0.474. The van der Waals surface area contributed by atoms with Crippen LogP contribution >= 0.6 is 11.3 Å². The molecule has 0 radical (unpaired) electrons. The minimum Gasteiger partial charge on any atom is -0.508 e. The maximum absolute atomic E-state index is 9.47. The molecule has 3 rings (SSSR count). The standard InChI is InChI=1S/C18H18N2OS/c1-13-17(12-19-11-14-6-5-9-16(21)10-14)22-18(20-13)15-7-3-2-4-8-15/h2-10,19,21H,11-12H2,1H3. The average molecular weight is 310 g/mol. The van der Waals surface area contributed by atoms with Gasteiger partial charge in [0, 0.05) is 23.5 Å². The number of aryl methyl sites for hydroxylation is 1. The van der Waals surface area contributed by atoms with E-state index < -0.39 is 0 Å². The summed E-state index contributed by atoms with van der Waals surface area (Å²) in [7, 11) is 0. The third kappa shape index (κ3) is 3.53. The van der Waals surface area contributed by atoms with Gasteiger partial charge < -0.3 is 10.4 Å². The van der Waals surface area contributed by atoms with Crippen LogP contribution in [0.25, 0.3) is 10.6 Å². The molecule has 0 atom stereocenters. The Kier molecular flexibility index (Phi) is 4.51. The lowest BCUT2D eigenvalue weighted by Crippen LogP contribution is -2.12. The summed E-state index contributed by atoms with van der Waals surface area (Å²) >= 11 is 1.73. The molecule has 1 heterocycles. The molecular formula is C18H18N2OS. The van der Waals surface area contributed by atoms with Gasteiger partial charge in [0.15, 0.2) is 0 Å². The first-order valence-corrected chi connectivity index (χ1v) is 8.04. The number of hydrogen-bond donors (Lipinski definition) is 2. The molecule has 0 spiro atoms. The topological polar surface area (TPSA) is 45.2 Å². The van der Waals surface area contributed by atoms with Crippen molar-refractivity contribution in [3.8, 4) is 16.3 Å². The Bertz CT molecular complexity index is 753. The van der Waals surface area contributed by atoms with Crippen molar-refractivity contribution in [2.45, 2.75) is 20.0 Å². The van der Waals surface area contributed by atoms with Gasteiger partial charge >= 0.3 is 0 Å². The largest absolute Gasteiger partial charge is 0.508 e. The van der Waals surface area contributed by atoms with Crippen LogP contribution in [0.4, 0.5) is 0 Å². The Morgan fingerprint density at radius 3 is 2.64 bits per heavy atom. The molecule has 3 aromatic rings. The van der Waals surface area contributed by atoms with Crippen LogP contribution in [0.5, 0.6) is 5.75 Å². The van der Waals surface area contributed by atoms with E-state index in [1.807, 2.05) is 37.3 Å². The van der Waals surface area contributed by atoms with Crippen LogP contribution in [0, 0.1) is 6.92 Å². The number of rotatable bonds is 5. The molecule has 0 saturated carbocycles. The molecule has 0 saturated heterocycles. The molecule has 0 aliphatic heterocycles. The van der Waals surface area contributed by atoms with Gasteiger partial charge in [0.2, 0.25) is 0 Å². The maximum Gasteiger partial charge on any atom is 0.123 e. The molecule has 0 fully saturated rings. The van der Waals surface area contributed by atoms with Crippen molar-refractivity contribution in [2.75, 3.05) is 0 Å². The van der Waals surface area contributed by atoms with Gasteiger partial charge in [0.1, 0.15) is 10.8 Å². The summed E-state index contributed by atoms with van der Waals surface area (Å²) in [6.07, 6.45) is 0. The smallest absolute Gasteiger partial charge is 0.123 e. The fourth-order valence-corrected chi connectivity index (χ4v) is 3.32. The highest BCUT2D eigenvalue weighted by molar-refractivity contribution is 7.15. The zero-order valence-corrected chi connectivity index (χ0v) is 13.2. The van der Waals surface area contributed by atoms with Crippen molar-refractivity contribution in [2.24, 2.45) is 0 Å². The monoisotopic (exact) mass is 310 g/mol. The van der Waals surface area contributed by atoms with Gasteiger partial charge in [-0.25, -0.2) is 4.98 Å². The van der Waals surface area contributed by atoms with Crippen LogP contribution in [-0.4, -0.2) is 10.1 Å². The third-order valence-corrected chi connectivity index (χ3v) is 4.65. The van der Waals surface area contributed by atoms with Gasteiger partial charge in [-0.05, 0) is 24.6 Å². The summed E-state index contributed by atoms with van der Waals surface area (Å²) in [4.78, 5) is 5.91. The maximum atomic E-state index is 9.47. The van der Waals surface area contributed by atoms with Gasteiger partial charge in [-0.3, -0.25) is 0 Å². The third-order valence-electron chi connectivity index (χ3n) is 3.44. The SMILES string of the molecule is Cc1nc(-c2ccccc2)sc1CNCc1cccc(O)c1. The molecule has 0 amide bonds. The highest BCUT2D eigenvalue weighted by Crippen LogP contribution is 2.27. The van der Waals surface area contributed by atoms with Gasteiger partial charge in [-0.1, -0.05) is 42.5 Å². The Labute approximate surface area is 134 Å². The van der Waals surface area contributed by atoms with Crippen LogP contribution in [-0.2, 0) is 13.1 Å². The number of thiazole rings is 1. The first-order valence-electron chi connectivity index (χ1n) is 7.23. The number of phenols is 1. The Balaban J connectivity index is 1.65. The average Bonchev–Trinajstić information content (AvgIpc) is 2.90. The second-order valence-corrected chi connectivity index (χ2v) is 6.25. The quantitative estimate of drug-likeness (QED) is 0.745. The minimum absolute atomic E-state index is 0.305. The van der Waals surface area contributed by atoms with E-state index in [4.69, 9.17) is 0 Å². The number of aromatic nitrogens is 1. The number of benzene rings is 2. The molecule has 2 N–H and O–H groups in total. The molecule has 0 aliphatic carbocycles. The first kappa shape index (κ1) is 14.8. The zero-order chi connectivity index (χ0) is 15.4. The molecule has 1 aromatic heterocycles. The van der Waals surface area contributed by atoms with E-state index in [0.29, 0.717) is 5.75 Å². The zero-order valence-electron chi connectivity index (χ0n) is 12.4. The fourth-order valence-electron chi connectivity index (χ4n) is 2.28. The van der Waals surface area contributed by atoms with Crippen LogP contribution in [0.1, 0.15) is 16.1 Å². The van der Waals surface area contributed by atoms with Gasteiger partial charge in [-0.2, -0.15) is 0 Å². The predicted molar refractivity (Wildman–Crippen MR) is 90.9 cm³/mol. The molecule has 0 bridgehead atoms. The van der Waals surface area contributed by atoms with E-state index in [1.165, 1.54) is 4.88 Å². The second kappa shape index (κ2) is 6.73. The summed E-state index contributed by atoms with van der Waals surface area (Å²) in [5, 5.41) is 13.9. The highest BCUT2D eigenvalue weighted by atomic mass is 32.1. The molecule has 3 nitrogen and oxygen atoms in total. The lowest BCUT2D eigenvalue weighted by atomic mass is 10.2. The molecular weight excluding hydrogens is 292 g/mol. The molecule has 0 aliphatic rings. The fraction of sp³-hybridized carbons (Fsp3) is 0.167. The van der Waals surface area contributed by atoms with Crippen molar-refractivity contribution < 1.29 is 5.11 Å². The summed E-state index contributed by atoms with van der Waals surface area (Å²) in [6.45, 7) is 3.56. The predicted octanol–water partition coefficient (Wildman–Crippen LogP) is 4.11. The highest BCUT2D eigenvalue weighted by Gasteiger charge is 2.08. The van der Waals surface area contributed by atoms with Crippen LogP contribution in [0.3, 0.4) is 0 Å². The minimum atomic E-state index is 0.305. The van der Waals surface area contributed by atoms with Gasteiger partial charge in [0.05, 0.1) is 5.69 Å². The van der Waals surface area contributed by atoms with E-state index >= 15 is 0 Å². The van der Waals surface area contributed by atoms with Crippen LogP contribution in [0.15, 0.2) is 54.6 Å². The van der Waals surface area contributed by atoms with Crippen molar-refractivity contribution in [3.63, 3.8) is 0 Å². The summed E-state index contributed by atoms with van der Waals surface area (Å²) in [5.74, 6) is 0.305. The van der Waals surface area contributed by atoms with E-state index in [1.54, 1.807) is 23.5 Å². The summed E-state index contributed by atoms with van der Waals surface area (Å²) in [5.41, 5.74) is 3.31. The normalized spacial score (nSPS) is 10.8. The first-order chi connectivity index (χ1) is 10.7. The number of hydrogen-bond acceptors (Lipinski definition) is 4. The molecule has 112 valence electrons. The van der Waals surface area contributed by atoms with Gasteiger partial charge in [-0.15, -0.1) is 11.3 Å². The van der Waals surface area contributed by atoms with Crippen LogP contribution < -0.4 is 5.32 Å². The summed E-state index contributed by atoms with van der Waals surface area (Å²) < 4.78 is 0. The summed E-state index contributed by atoms with van der Waals surface area (Å²) in [6, 6.07) is 17.6. The number of nitrogens with one attached hydrogen (secondary N) is 1. The molecule has 22 heavy (non-hydrogen) atoms. The van der Waals surface area contributed by atoms with E-state index in [9.17, 15) is 5.11 Å². The lowest BCUT2D eigenvalue weighted by Gasteiger charge is -2.04. The second-order valence-electron chi connectivity index (χ2n) is 5.17. The Morgan fingerprint density at radius 1 is 1.05 bits per heavy atom. The Hall–Kier alpha value is -2.17. The van der Waals surface area contributed by atoms with Crippen molar-refractivity contribution in [1.82, 2.24) is 10.3 Å². The number of aromatic hydroxyl groups is 1. The molecule has 2 aromatic carbocycles. The van der Waals surface area contributed by atoms with Gasteiger partial charge in [0.25, 0.3) is 0 Å².